The van der Waals surface area contributed by atoms with E-state index in [4.69, 9.17) is 9.57 Å². The van der Waals surface area contributed by atoms with Gasteiger partial charge >= 0.3 is 0 Å². The second kappa shape index (κ2) is 9.60. The van der Waals surface area contributed by atoms with Crippen LogP contribution in [0, 0.1) is 6.92 Å². The lowest BCUT2D eigenvalue weighted by atomic mass is 9.85. The van der Waals surface area contributed by atoms with E-state index < -0.39 is 0 Å². The van der Waals surface area contributed by atoms with Crippen LogP contribution in [0.2, 0.25) is 0 Å². The van der Waals surface area contributed by atoms with E-state index in [1.165, 1.54) is 44.8 Å². The van der Waals surface area contributed by atoms with Gasteiger partial charge in [0.15, 0.2) is 0 Å². The predicted molar refractivity (Wildman–Crippen MR) is 96.1 cm³/mol. The molecule has 1 aromatic rings. The zero-order chi connectivity index (χ0) is 17.4. The number of carbonyl (C=O) groups excluding carboxylic acids is 1. The van der Waals surface area contributed by atoms with Crippen LogP contribution in [-0.4, -0.2) is 26.7 Å². The van der Waals surface area contributed by atoms with Gasteiger partial charge < -0.3 is 4.74 Å². The SMILES string of the molecule is COCCC(C=C1CCCCC1)c1ccc(C)cc1C(=O)NOC. The quantitative estimate of drug-likeness (QED) is 0.599. The van der Waals surface area contributed by atoms with E-state index in [0.29, 0.717) is 12.2 Å². The van der Waals surface area contributed by atoms with Crippen molar-refractivity contribution >= 4 is 5.91 Å². The summed E-state index contributed by atoms with van der Waals surface area (Å²) < 4.78 is 5.30. The zero-order valence-corrected chi connectivity index (χ0v) is 15.1. The molecule has 0 aliphatic heterocycles. The molecule has 1 aliphatic carbocycles. The van der Waals surface area contributed by atoms with Gasteiger partial charge in [0.2, 0.25) is 0 Å². The molecule has 0 aromatic heterocycles. The highest BCUT2D eigenvalue weighted by molar-refractivity contribution is 5.95. The fraction of sp³-hybridized carbons (Fsp3) is 0.550. The summed E-state index contributed by atoms with van der Waals surface area (Å²) in [6, 6.07) is 6.07. The number of allylic oxidation sites excluding steroid dienone is 2. The van der Waals surface area contributed by atoms with Crippen molar-refractivity contribution in [1.29, 1.82) is 0 Å². The van der Waals surface area contributed by atoms with E-state index in [9.17, 15) is 4.79 Å². The Labute approximate surface area is 145 Å². The van der Waals surface area contributed by atoms with Gasteiger partial charge in [-0.3, -0.25) is 9.63 Å². The minimum atomic E-state index is -0.194. The molecule has 1 saturated carbocycles. The molecule has 0 radical (unpaired) electrons. The van der Waals surface area contributed by atoms with Crippen molar-refractivity contribution in [3.8, 4) is 0 Å². The van der Waals surface area contributed by atoms with Crippen LogP contribution in [0.1, 0.15) is 65.9 Å². The Morgan fingerprint density at radius 2 is 2.00 bits per heavy atom. The van der Waals surface area contributed by atoms with Gasteiger partial charge in [-0.2, -0.15) is 0 Å². The fourth-order valence-corrected chi connectivity index (χ4v) is 3.37. The standard InChI is InChI=1S/C20H29NO3/c1-15-9-10-18(19(13-15)20(22)21-24-3)17(11-12-23-2)14-16-7-5-4-6-8-16/h9-10,13-14,17H,4-8,11-12H2,1-3H3,(H,21,22). The normalized spacial score (nSPS) is 15.9. The highest BCUT2D eigenvalue weighted by atomic mass is 16.6. The molecule has 1 aliphatic rings. The van der Waals surface area contributed by atoms with Crippen LogP contribution >= 0.6 is 0 Å². The first-order chi connectivity index (χ1) is 11.7. The molecular weight excluding hydrogens is 302 g/mol. The summed E-state index contributed by atoms with van der Waals surface area (Å²) in [6.07, 6.45) is 9.46. The lowest BCUT2D eigenvalue weighted by Crippen LogP contribution is -2.24. The van der Waals surface area contributed by atoms with Crippen molar-refractivity contribution < 1.29 is 14.4 Å². The molecular formula is C20H29NO3. The topological polar surface area (TPSA) is 47.6 Å². The number of hydrogen-bond acceptors (Lipinski definition) is 3. The van der Waals surface area contributed by atoms with Gasteiger partial charge in [0.25, 0.3) is 5.91 Å². The van der Waals surface area contributed by atoms with Gasteiger partial charge in [-0.05, 0) is 50.7 Å². The van der Waals surface area contributed by atoms with Crippen LogP contribution in [0.3, 0.4) is 0 Å². The average Bonchev–Trinajstić information content (AvgIpc) is 2.60. The van der Waals surface area contributed by atoms with Gasteiger partial charge in [0, 0.05) is 25.2 Å². The summed E-state index contributed by atoms with van der Waals surface area (Å²) >= 11 is 0. The monoisotopic (exact) mass is 331 g/mol. The molecule has 0 spiro atoms. The minimum absolute atomic E-state index is 0.191. The molecule has 1 fully saturated rings. The van der Waals surface area contributed by atoms with Crippen molar-refractivity contribution in [3.05, 3.63) is 46.5 Å². The number of carbonyl (C=O) groups is 1. The van der Waals surface area contributed by atoms with E-state index >= 15 is 0 Å². The Balaban J connectivity index is 2.35. The van der Waals surface area contributed by atoms with Gasteiger partial charge in [0.05, 0.1) is 7.11 Å². The van der Waals surface area contributed by atoms with Crippen LogP contribution in [0.5, 0.6) is 0 Å². The molecule has 1 aromatic carbocycles. The Morgan fingerprint density at radius 1 is 1.25 bits per heavy atom. The van der Waals surface area contributed by atoms with Crippen molar-refractivity contribution in [2.45, 2.75) is 51.4 Å². The molecule has 1 amide bonds. The third-order valence-corrected chi connectivity index (χ3v) is 4.61. The first-order valence-corrected chi connectivity index (χ1v) is 8.78. The molecule has 0 heterocycles. The molecule has 0 bridgehead atoms. The Kier molecular flexibility index (Phi) is 7.47. The summed E-state index contributed by atoms with van der Waals surface area (Å²) in [7, 11) is 3.18. The van der Waals surface area contributed by atoms with Crippen molar-refractivity contribution in [2.24, 2.45) is 0 Å². The van der Waals surface area contributed by atoms with Crippen molar-refractivity contribution in [2.75, 3.05) is 20.8 Å². The van der Waals surface area contributed by atoms with E-state index in [-0.39, 0.29) is 11.8 Å². The number of nitrogens with one attached hydrogen (secondary N) is 1. The molecule has 1 unspecified atom stereocenters. The molecule has 24 heavy (non-hydrogen) atoms. The minimum Gasteiger partial charge on any atom is -0.385 e. The number of amides is 1. The predicted octanol–water partition coefficient (Wildman–Crippen LogP) is 4.30. The van der Waals surface area contributed by atoms with E-state index in [2.05, 4.69) is 23.7 Å². The lowest BCUT2D eigenvalue weighted by molar-refractivity contribution is 0.0536. The summed E-state index contributed by atoms with van der Waals surface area (Å²) in [5, 5.41) is 0. The molecule has 1 atom stereocenters. The third kappa shape index (κ3) is 5.18. The van der Waals surface area contributed by atoms with Crippen molar-refractivity contribution in [3.63, 3.8) is 0 Å². The Morgan fingerprint density at radius 3 is 2.67 bits per heavy atom. The van der Waals surface area contributed by atoms with Gasteiger partial charge in [-0.1, -0.05) is 35.8 Å². The maximum absolute atomic E-state index is 12.4. The number of hydrogen-bond donors (Lipinski definition) is 1. The van der Waals surface area contributed by atoms with Crippen LogP contribution in [-0.2, 0) is 9.57 Å². The van der Waals surface area contributed by atoms with Crippen molar-refractivity contribution in [1.82, 2.24) is 5.48 Å². The molecule has 132 valence electrons. The van der Waals surface area contributed by atoms with Gasteiger partial charge in [-0.15, -0.1) is 0 Å². The number of methoxy groups -OCH3 is 1. The molecule has 4 heteroatoms. The van der Waals surface area contributed by atoms with Gasteiger partial charge in [0.1, 0.15) is 0 Å². The van der Waals surface area contributed by atoms with E-state index in [0.717, 1.165) is 17.5 Å². The molecule has 4 nitrogen and oxygen atoms in total. The molecule has 0 saturated heterocycles. The number of hydroxylamine groups is 1. The first-order valence-electron chi connectivity index (χ1n) is 8.78. The maximum atomic E-state index is 12.4. The third-order valence-electron chi connectivity index (χ3n) is 4.61. The highest BCUT2D eigenvalue weighted by Gasteiger charge is 2.19. The van der Waals surface area contributed by atoms with Crippen LogP contribution in [0.15, 0.2) is 29.8 Å². The molecule has 1 N–H and O–H groups in total. The average molecular weight is 331 g/mol. The van der Waals surface area contributed by atoms with Crippen LogP contribution in [0.4, 0.5) is 0 Å². The zero-order valence-electron chi connectivity index (χ0n) is 15.1. The Hall–Kier alpha value is -1.65. The number of rotatable bonds is 7. The van der Waals surface area contributed by atoms with Gasteiger partial charge in [-0.25, -0.2) is 5.48 Å². The van der Waals surface area contributed by atoms with Crippen LogP contribution in [0.25, 0.3) is 0 Å². The number of benzene rings is 1. The Bertz CT molecular complexity index is 572. The van der Waals surface area contributed by atoms with Crippen LogP contribution < -0.4 is 5.48 Å². The fourth-order valence-electron chi connectivity index (χ4n) is 3.37. The molecule has 2 rings (SSSR count). The summed E-state index contributed by atoms with van der Waals surface area (Å²) in [6.45, 7) is 2.67. The lowest BCUT2D eigenvalue weighted by Gasteiger charge is -2.21. The maximum Gasteiger partial charge on any atom is 0.275 e. The first kappa shape index (κ1) is 18.7. The second-order valence-corrected chi connectivity index (χ2v) is 6.50. The summed E-state index contributed by atoms with van der Waals surface area (Å²) in [5.41, 5.74) is 6.77. The number of ether oxygens (including phenoxy) is 1. The van der Waals surface area contributed by atoms with E-state index in [1.54, 1.807) is 7.11 Å². The highest BCUT2D eigenvalue weighted by Crippen LogP contribution is 2.31. The summed E-state index contributed by atoms with van der Waals surface area (Å²) in [5.74, 6) is -0.00285. The van der Waals surface area contributed by atoms with E-state index in [1.807, 2.05) is 13.0 Å². The summed E-state index contributed by atoms with van der Waals surface area (Å²) in [4.78, 5) is 17.2. The second-order valence-electron chi connectivity index (χ2n) is 6.50. The smallest absolute Gasteiger partial charge is 0.275 e. The largest absolute Gasteiger partial charge is 0.385 e. The number of aryl methyl sites for hydroxylation is 1.